The van der Waals surface area contributed by atoms with Crippen molar-refractivity contribution in [3.8, 4) is 0 Å². The van der Waals surface area contributed by atoms with Crippen LogP contribution < -0.4 is 5.84 Å². The molecule has 2 rings (SSSR count). The Balaban J connectivity index is 2.43. The van der Waals surface area contributed by atoms with E-state index < -0.39 is 0 Å². The molecule has 0 amide bonds. The van der Waals surface area contributed by atoms with Gasteiger partial charge in [-0.1, -0.05) is 23.8 Å². The van der Waals surface area contributed by atoms with Crippen LogP contribution in [0.4, 0.5) is 0 Å². The number of thiocarbonyl (C=S) groups is 1. The Morgan fingerprint density at radius 2 is 1.91 bits per heavy atom. The van der Waals surface area contributed by atoms with E-state index in [1.165, 1.54) is 5.01 Å². The molecule has 0 radical (unpaired) electrons. The summed E-state index contributed by atoms with van der Waals surface area (Å²) in [5, 5.41) is 2.02. The Morgan fingerprint density at radius 3 is 2.45 bits per heavy atom. The highest BCUT2D eigenvalue weighted by molar-refractivity contribution is 7.80. The van der Waals surface area contributed by atoms with Crippen LogP contribution in [0.15, 0.2) is 24.3 Å². The number of carbonyl (C=O) groups is 1. The summed E-state index contributed by atoms with van der Waals surface area (Å²) < 4.78 is 0. The van der Waals surface area contributed by atoms with E-state index in [2.05, 4.69) is 0 Å². The summed E-state index contributed by atoms with van der Waals surface area (Å²) in [6.07, 6.45) is 0.496. The van der Waals surface area contributed by atoms with Gasteiger partial charge in [0.2, 0.25) is 0 Å². The first kappa shape index (κ1) is 17.1. The molecule has 0 spiro atoms. The molecule has 1 aromatic heterocycles. The normalized spacial score (nSPS) is 10.6. The monoisotopic (exact) mass is 352 g/mol. The lowest BCUT2D eigenvalue weighted by Crippen LogP contribution is -2.33. The molecule has 3 nitrogen and oxygen atoms in total. The maximum atomic E-state index is 12.8. The number of thiophene rings is 1. The van der Waals surface area contributed by atoms with Crippen molar-refractivity contribution >= 4 is 45.9 Å². The highest BCUT2D eigenvalue weighted by atomic mass is 35.5. The van der Waals surface area contributed by atoms with E-state index in [1.807, 2.05) is 13.8 Å². The molecule has 0 fully saturated rings. The van der Waals surface area contributed by atoms with Crippen LogP contribution in [0.2, 0.25) is 5.02 Å². The van der Waals surface area contributed by atoms with Gasteiger partial charge in [-0.3, -0.25) is 4.79 Å². The van der Waals surface area contributed by atoms with Gasteiger partial charge in [-0.2, -0.15) is 0 Å². The number of nitrogens with zero attached hydrogens (tertiary/aromatic N) is 1. The molecular formula is C16H17ClN2OS2. The molecule has 0 aliphatic carbocycles. The first-order valence-electron chi connectivity index (χ1n) is 6.71. The number of halogens is 1. The average molecular weight is 353 g/mol. The number of likely N-dealkylation sites (N-methyl/N-ethyl adjacent to an activating group) is 1. The van der Waals surface area contributed by atoms with E-state index in [4.69, 9.17) is 29.7 Å². The topological polar surface area (TPSA) is 46.3 Å². The molecule has 0 aliphatic rings. The second kappa shape index (κ2) is 6.87. The molecule has 0 saturated carbocycles. The molecule has 0 bridgehead atoms. The van der Waals surface area contributed by atoms with Gasteiger partial charge in [0.25, 0.3) is 0 Å². The van der Waals surface area contributed by atoms with Crippen molar-refractivity contribution in [3.63, 3.8) is 0 Å². The number of carbonyl (C=O) groups excluding carboxylic acids is 1. The van der Waals surface area contributed by atoms with Crippen LogP contribution in [0, 0.1) is 13.8 Å². The van der Waals surface area contributed by atoms with E-state index in [0.717, 1.165) is 20.9 Å². The van der Waals surface area contributed by atoms with Gasteiger partial charge in [-0.05, 0) is 43.7 Å². The van der Waals surface area contributed by atoms with Crippen LogP contribution in [0.5, 0.6) is 0 Å². The van der Waals surface area contributed by atoms with Gasteiger partial charge >= 0.3 is 0 Å². The lowest BCUT2D eigenvalue weighted by atomic mass is 9.98. The van der Waals surface area contributed by atoms with E-state index in [9.17, 15) is 4.79 Å². The molecule has 2 N–H and O–H groups in total. The number of hydrogen-bond donors (Lipinski definition) is 1. The molecule has 0 atom stereocenters. The molecule has 0 aliphatic heterocycles. The van der Waals surface area contributed by atoms with Crippen molar-refractivity contribution in [1.29, 1.82) is 0 Å². The SMILES string of the molecule is Cc1sc(CC(=S)N(C)N)c(C(=O)c2ccc(Cl)cc2)c1C. The minimum Gasteiger partial charge on any atom is -0.307 e. The second-order valence-corrected chi connectivity index (χ2v) is 7.32. The van der Waals surface area contributed by atoms with Crippen molar-refractivity contribution < 1.29 is 4.79 Å². The molecule has 6 heteroatoms. The smallest absolute Gasteiger partial charge is 0.194 e. The molecule has 1 aromatic carbocycles. The van der Waals surface area contributed by atoms with Crippen LogP contribution in [0.1, 0.15) is 31.2 Å². The Bertz CT molecular complexity index is 720. The summed E-state index contributed by atoms with van der Waals surface area (Å²) in [7, 11) is 1.70. The Kier molecular flexibility index (Phi) is 5.34. The molecule has 0 saturated heterocycles. The molecular weight excluding hydrogens is 336 g/mol. The average Bonchev–Trinajstić information content (AvgIpc) is 2.73. The van der Waals surface area contributed by atoms with Crippen molar-refractivity contribution in [2.45, 2.75) is 20.3 Å². The van der Waals surface area contributed by atoms with Gasteiger partial charge < -0.3 is 5.01 Å². The highest BCUT2D eigenvalue weighted by Crippen LogP contribution is 2.30. The Morgan fingerprint density at radius 1 is 1.32 bits per heavy atom. The van der Waals surface area contributed by atoms with Crippen LogP contribution in [-0.2, 0) is 6.42 Å². The van der Waals surface area contributed by atoms with Crippen molar-refractivity contribution in [2.24, 2.45) is 5.84 Å². The second-order valence-electron chi connectivity index (χ2n) is 5.10. The molecule has 0 unspecified atom stereocenters. The fraction of sp³-hybridized carbons (Fsp3) is 0.250. The van der Waals surface area contributed by atoms with Crippen molar-refractivity contribution in [1.82, 2.24) is 5.01 Å². The van der Waals surface area contributed by atoms with Gasteiger partial charge in [-0.25, -0.2) is 5.84 Å². The van der Waals surface area contributed by atoms with Gasteiger partial charge in [0.1, 0.15) is 0 Å². The molecule has 1 heterocycles. The quantitative estimate of drug-likeness (QED) is 0.392. The van der Waals surface area contributed by atoms with Crippen molar-refractivity contribution in [3.05, 3.63) is 55.7 Å². The third-order valence-electron chi connectivity index (χ3n) is 3.50. The summed E-state index contributed by atoms with van der Waals surface area (Å²) in [5.41, 5.74) is 2.36. The number of benzene rings is 1. The Hall–Kier alpha value is -1.27. The lowest BCUT2D eigenvalue weighted by molar-refractivity contribution is 0.103. The highest BCUT2D eigenvalue weighted by Gasteiger charge is 2.21. The van der Waals surface area contributed by atoms with E-state index in [-0.39, 0.29) is 5.78 Å². The number of nitrogens with two attached hydrogens (primary N) is 1. The largest absolute Gasteiger partial charge is 0.307 e. The van der Waals surface area contributed by atoms with Gasteiger partial charge in [0, 0.05) is 39.4 Å². The predicted molar refractivity (Wildman–Crippen MR) is 96.9 cm³/mol. The fourth-order valence-electron chi connectivity index (χ4n) is 2.13. The van der Waals surface area contributed by atoms with Gasteiger partial charge in [-0.15, -0.1) is 11.3 Å². The zero-order valence-electron chi connectivity index (χ0n) is 12.6. The number of ketones is 1. The number of rotatable bonds is 4. The van der Waals surface area contributed by atoms with Crippen LogP contribution in [0.25, 0.3) is 0 Å². The van der Waals surface area contributed by atoms with E-state index >= 15 is 0 Å². The maximum Gasteiger partial charge on any atom is 0.194 e. The third-order valence-corrected chi connectivity index (χ3v) is 5.39. The summed E-state index contributed by atoms with van der Waals surface area (Å²) in [4.78, 5) is 15.5. The predicted octanol–water partition coefficient (Wildman–Crippen LogP) is 3.92. The standard InChI is InChI=1S/C16H17ClN2OS2/c1-9-10(2)22-13(8-14(21)19(3)18)15(9)16(20)11-4-6-12(17)7-5-11/h4-7H,8,18H2,1-3H3. The minimum absolute atomic E-state index is 0.00371. The zero-order chi connectivity index (χ0) is 16.4. The maximum absolute atomic E-state index is 12.8. The zero-order valence-corrected chi connectivity index (χ0v) is 15.0. The Labute approximate surface area is 144 Å². The lowest BCUT2D eigenvalue weighted by Gasteiger charge is -2.13. The number of hydrazine groups is 1. The molecule has 22 heavy (non-hydrogen) atoms. The van der Waals surface area contributed by atoms with E-state index in [1.54, 1.807) is 42.6 Å². The minimum atomic E-state index is -0.00371. The van der Waals surface area contributed by atoms with E-state index in [0.29, 0.717) is 22.0 Å². The third kappa shape index (κ3) is 3.55. The first-order valence-corrected chi connectivity index (χ1v) is 8.32. The van der Waals surface area contributed by atoms with Crippen LogP contribution >= 0.6 is 35.2 Å². The van der Waals surface area contributed by atoms with Crippen LogP contribution in [-0.4, -0.2) is 22.8 Å². The summed E-state index contributed by atoms with van der Waals surface area (Å²) in [5.74, 6) is 5.68. The molecule has 2 aromatic rings. The van der Waals surface area contributed by atoms with Gasteiger partial charge in [0.15, 0.2) is 5.78 Å². The summed E-state index contributed by atoms with van der Waals surface area (Å²) >= 11 is 12.8. The fourth-order valence-corrected chi connectivity index (χ4v) is 3.67. The van der Waals surface area contributed by atoms with Crippen molar-refractivity contribution in [2.75, 3.05) is 7.05 Å². The number of aryl methyl sites for hydroxylation is 1. The summed E-state index contributed by atoms with van der Waals surface area (Å²) in [6, 6.07) is 6.94. The van der Waals surface area contributed by atoms with Crippen LogP contribution in [0.3, 0.4) is 0 Å². The summed E-state index contributed by atoms with van der Waals surface area (Å²) in [6.45, 7) is 3.98. The first-order chi connectivity index (χ1) is 10.3. The molecule has 116 valence electrons. The number of hydrogen-bond acceptors (Lipinski definition) is 4. The van der Waals surface area contributed by atoms with Gasteiger partial charge in [0.05, 0.1) is 4.99 Å².